The van der Waals surface area contributed by atoms with E-state index in [1.54, 1.807) is 47.0 Å². The molecule has 5 rings (SSSR count). The molecule has 1 amide bonds. The van der Waals surface area contributed by atoms with Gasteiger partial charge in [-0.3, -0.25) is 4.79 Å². The van der Waals surface area contributed by atoms with Crippen LogP contribution in [0.25, 0.3) is 16.9 Å². The minimum absolute atomic E-state index is 0.115. The number of carbonyl (C=O) groups excluding carboxylic acids is 1. The number of benzene rings is 3. The number of ether oxygens (including phenoxy) is 2. The van der Waals surface area contributed by atoms with Crippen molar-refractivity contribution in [3.63, 3.8) is 0 Å². The zero-order valence-electron chi connectivity index (χ0n) is 20.6. The first-order valence-electron chi connectivity index (χ1n) is 12.2. The molecule has 3 aromatic carbocycles. The van der Waals surface area contributed by atoms with Crippen LogP contribution in [0.3, 0.4) is 0 Å². The van der Waals surface area contributed by atoms with Crippen LogP contribution in [0.4, 0.5) is 8.78 Å². The monoisotopic (exact) mass is 503 g/mol. The van der Waals surface area contributed by atoms with Gasteiger partial charge in [0.25, 0.3) is 5.91 Å². The highest BCUT2D eigenvalue weighted by Crippen LogP contribution is 2.37. The fourth-order valence-electron chi connectivity index (χ4n) is 4.44. The maximum absolute atomic E-state index is 13.7. The van der Waals surface area contributed by atoms with Crippen LogP contribution in [-0.4, -0.2) is 39.8 Å². The predicted octanol–water partition coefficient (Wildman–Crippen LogP) is 5.70. The molecule has 4 aromatic rings. The van der Waals surface area contributed by atoms with Gasteiger partial charge in [0.1, 0.15) is 29.2 Å². The van der Waals surface area contributed by atoms with E-state index in [1.807, 2.05) is 31.2 Å². The van der Waals surface area contributed by atoms with E-state index in [0.717, 1.165) is 11.3 Å². The number of hydrogen-bond donors (Lipinski definition) is 0. The summed E-state index contributed by atoms with van der Waals surface area (Å²) >= 11 is 0. The van der Waals surface area contributed by atoms with E-state index in [-0.39, 0.29) is 17.5 Å². The van der Waals surface area contributed by atoms with Crippen LogP contribution in [0.1, 0.15) is 31.2 Å². The molecule has 37 heavy (non-hydrogen) atoms. The molecule has 0 aliphatic carbocycles. The summed E-state index contributed by atoms with van der Waals surface area (Å²) < 4.78 is 40.5. The average Bonchev–Trinajstić information content (AvgIpc) is 3.46. The average molecular weight is 504 g/mol. The fourth-order valence-corrected chi connectivity index (χ4v) is 4.44. The summed E-state index contributed by atoms with van der Waals surface area (Å²) in [5, 5.41) is 4.72. The maximum Gasteiger partial charge on any atom is 0.253 e. The molecule has 1 aliphatic rings. The lowest BCUT2D eigenvalue weighted by Gasteiger charge is -2.23. The number of amides is 1. The lowest BCUT2D eigenvalue weighted by Crippen LogP contribution is -2.32. The Bertz CT molecular complexity index is 1370. The molecule has 1 saturated heterocycles. The Balaban J connectivity index is 1.48. The lowest BCUT2D eigenvalue weighted by molar-refractivity contribution is -0.130. The summed E-state index contributed by atoms with van der Waals surface area (Å²) in [5.74, 6) is -0.0268. The number of hydrogen-bond acceptors (Lipinski definition) is 4. The molecule has 0 radical (unpaired) electrons. The molecule has 1 aromatic heterocycles. The topological polar surface area (TPSA) is 56.6 Å². The van der Waals surface area contributed by atoms with Crippen LogP contribution >= 0.6 is 0 Å². The molecule has 2 heterocycles. The van der Waals surface area contributed by atoms with Crippen LogP contribution in [0.5, 0.6) is 5.75 Å². The third-order valence-electron chi connectivity index (χ3n) is 6.34. The van der Waals surface area contributed by atoms with Gasteiger partial charge in [0, 0.05) is 23.9 Å². The van der Waals surface area contributed by atoms with Crippen LogP contribution in [0.2, 0.25) is 0 Å². The van der Waals surface area contributed by atoms with Gasteiger partial charge in [-0.05, 0) is 86.5 Å². The van der Waals surface area contributed by atoms with Gasteiger partial charge in [-0.2, -0.15) is 5.10 Å². The number of carbonyl (C=O) groups is 1. The third kappa shape index (κ3) is 5.24. The van der Waals surface area contributed by atoms with E-state index in [9.17, 15) is 13.6 Å². The normalized spacial score (nSPS) is 17.4. The van der Waals surface area contributed by atoms with Crippen molar-refractivity contribution in [3.8, 4) is 22.7 Å². The zero-order valence-corrected chi connectivity index (χ0v) is 20.6. The van der Waals surface area contributed by atoms with Gasteiger partial charge in [-0.25, -0.2) is 13.5 Å². The Morgan fingerprint density at radius 2 is 1.59 bits per heavy atom. The van der Waals surface area contributed by atoms with Gasteiger partial charge >= 0.3 is 0 Å². The molecule has 8 heteroatoms. The van der Waals surface area contributed by atoms with Gasteiger partial charge in [0.05, 0.1) is 12.3 Å². The van der Waals surface area contributed by atoms with E-state index in [4.69, 9.17) is 14.6 Å². The van der Waals surface area contributed by atoms with E-state index in [0.29, 0.717) is 42.1 Å². The van der Waals surface area contributed by atoms with Gasteiger partial charge in [0.2, 0.25) is 0 Å². The summed E-state index contributed by atoms with van der Waals surface area (Å²) in [7, 11) is 0. The summed E-state index contributed by atoms with van der Waals surface area (Å²) in [6.07, 6.45) is 1.11. The largest absolute Gasteiger partial charge is 0.494 e. The van der Waals surface area contributed by atoms with Gasteiger partial charge in [-0.1, -0.05) is 12.1 Å². The van der Waals surface area contributed by atoms with Crippen LogP contribution in [-0.2, 0) is 16.0 Å². The number of nitrogens with zero attached hydrogens (tertiary/aromatic N) is 3. The molecule has 2 atom stereocenters. The van der Waals surface area contributed by atoms with Gasteiger partial charge in [0.15, 0.2) is 6.23 Å². The highest BCUT2D eigenvalue weighted by atomic mass is 19.1. The molecule has 0 N–H and O–H groups in total. The zero-order chi connectivity index (χ0) is 25.9. The van der Waals surface area contributed by atoms with Crippen molar-refractivity contribution in [2.24, 2.45) is 0 Å². The minimum atomic E-state index is -0.681. The Morgan fingerprint density at radius 1 is 0.946 bits per heavy atom. The number of aromatic nitrogens is 2. The molecule has 6 nitrogen and oxygen atoms in total. The van der Waals surface area contributed by atoms with E-state index in [1.165, 1.54) is 24.3 Å². The van der Waals surface area contributed by atoms with E-state index < -0.39 is 12.3 Å². The van der Waals surface area contributed by atoms with E-state index in [2.05, 4.69) is 0 Å². The van der Waals surface area contributed by atoms with Gasteiger partial charge in [-0.15, -0.1) is 0 Å². The Labute approximate surface area is 214 Å². The molecule has 0 bridgehead atoms. The molecule has 2 unspecified atom stereocenters. The molecular weight excluding hydrogens is 476 g/mol. The number of halogens is 2. The molecule has 1 aliphatic heterocycles. The smallest absolute Gasteiger partial charge is 0.253 e. The van der Waals surface area contributed by atoms with Crippen LogP contribution < -0.4 is 4.74 Å². The van der Waals surface area contributed by atoms with Crippen molar-refractivity contribution >= 4 is 5.91 Å². The van der Waals surface area contributed by atoms with Crippen molar-refractivity contribution in [1.29, 1.82) is 0 Å². The summed E-state index contributed by atoms with van der Waals surface area (Å²) in [6, 6.07) is 19.8. The quantitative estimate of drug-likeness (QED) is 0.309. The lowest BCUT2D eigenvalue weighted by atomic mass is 10.1. The maximum atomic E-state index is 13.7. The molecule has 1 fully saturated rings. The minimum Gasteiger partial charge on any atom is -0.494 e. The highest BCUT2D eigenvalue weighted by Gasteiger charge is 2.40. The first kappa shape index (κ1) is 24.6. The van der Waals surface area contributed by atoms with E-state index >= 15 is 0 Å². The molecular formula is C29H27F2N3O3. The molecule has 0 spiro atoms. The first-order chi connectivity index (χ1) is 17.9. The van der Waals surface area contributed by atoms with Crippen molar-refractivity contribution in [3.05, 3.63) is 102 Å². The van der Waals surface area contributed by atoms with Crippen LogP contribution in [0, 0.1) is 11.6 Å². The summed E-state index contributed by atoms with van der Waals surface area (Å²) in [6.45, 7) is 4.70. The van der Waals surface area contributed by atoms with Crippen molar-refractivity contribution < 1.29 is 23.0 Å². The first-order valence-corrected chi connectivity index (χ1v) is 12.2. The summed E-state index contributed by atoms with van der Waals surface area (Å²) in [5.41, 5.74) is 3.62. The number of rotatable bonds is 8. The van der Waals surface area contributed by atoms with Crippen molar-refractivity contribution in [1.82, 2.24) is 14.7 Å². The third-order valence-corrected chi connectivity index (χ3v) is 6.34. The highest BCUT2D eigenvalue weighted by molar-refractivity contribution is 5.83. The standard InChI is InChI=1S/C29H27F2N3O3/c1-3-36-25-14-4-20(5-15-25)16-17-33-28(35)19(2)37-29(33)26-18-34(24-12-10-23(31)11-13-24)32-27(26)21-6-8-22(30)9-7-21/h4-15,18-19,29H,3,16-17H2,1-2H3. The van der Waals surface area contributed by atoms with Crippen molar-refractivity contribution in [2.75, 3.05) is 13.2 Å². The van der Waals surface area contributed by atoms with Crippen LogP contribution in [0.15, 0.2) is 79.0 Å². The second-order valence-electron chi connectivity index (χ2n) is 8.85. The summed E-state index contributed by atoms with van der Waals surface area (Å²) in [4.78, 5) is 14.8. The SMILES string of the molecule is CCOc1ccc(CCN2C(=O)C(C)OC2c2cn(-c3ccc(F)cc3)nc2-c2ccc(F)cc2)cc1. The second kappa shape index (κ2) is 10.5. The predicted molar refractivity (Wildman–Crippen MR) is 135 cm³/mol. The molecule has 190 valence electrons. The molecule has 0 saturated carbocycles. The fraction of sp³-hybridized carbons (Fsp3) is 0.241. The Hall–Kier alpha value is -4.04. The van der Waals surface area contributed by atoms with Crippen molar-refractivity contribution in [2.45, 2.75) is 32.6 Å². The Kier molecular flexibility index (Phi) is 7.01. The Morgan fingerprint density at radius 3 is 2.24 bits per heavy atom. The van der Waals surface area contributed by atoms with Gasteiger partial charge < -0.3 is 14.4 Å². The second-order valence-corrected chi connectivity index (χ2v) is 8.85.